The third-order valence-corrected chi connectivity index (χ3v) is 5.26. The van der Waals surface area contributed by atoms with Crippen LogP contribution in [-0.4, -0.2) is 105 Å². The molecule has 1 heterocycles. The Labute approximate surface area is 183 Å². The first-order chi connectivity index (χ1) is 12.9. The van der Waals surface area contributed by atoms with Gasteiger partial charge in [0.15, 0.2) is 5.96 Å². The zero-order valence-corrected chi connectivity index (χ0v) is 19.5. The summed E-state index contributed by atoms with van der Waals surface area (Å²) in [6, 6.07) is -0.739. The number of halogens is 4. The molecule has 6 nitrogen and oxygen atoms in total. The number of hydrogen-bond donors (Lipinski definition) is 1. The second-order valence-electron chi connectivity index (χ2n) is 7.24. The minimum Gasteiger partial charge on any atom is -0.383 e. The number of nitrogens with zero attached hydrogens (tertiary/aromatic N) is 4. The lowest BCUT2D eigenvalue weighted by Gasteiger charge is -2.39. The smallest absolute Gasteiger partial charge is 0.383 e. The van der Waals surface area contributed by atoms with Crippen LogP contribution in [0.1, 0.15) is 26.7 Å². The number of piperazine rings is 1. The Hall–Kier alpha value is -0.330. The summed E-state index contributed by atoms with van der Waals surface area (Å²) in [7, 11) is 1.71. The second kappa shape index (κ2) is 12.4. The molecule has 0 aromatic heterocycles. The summed E-state index contributed by atoms with van der Waals surface area (Å²) in [6.07, 6.45) is -1.69. The van der Waals surface area contributed by atoms with Crippen LogP contribution in [0, 0.1) is 0 Å². The quantitative estimate of drug-likeness (QED) is 0.287. The first kappa shape index (κ1) is 25.7. The minimum absolute atomic E-state index is 0. The summed E-state index contributed by atoms with van der Waals surface area (Å²) in [5.41, 5.74) is 0. The van der Waals surface area contributed by atoms with Gasteiger partial charge in [-0.3, -0.25) is 14.8 Å². The van der Waals surface area contributed by atoms with Gasteiger partial charge in [0.25, 0.3) is 0 Å². The van der Waals surface area contributed by atoms with Crippen LogP contribution in [0.4, 0.5) is 13.2 Å². The number of guanidine groups is 1. The van der Waals surface area contributed by atoms with Crippen molar-refractivity contribution in [3.05, 3.63) is 0 Å². The van der Waals surface area contributed by atoms with Gasteiger partial charge in [0.05, 0.1) is 13.2 Å². The van der Waals surface area contributed by atoms with Crippen LogP contribution in [-0.2, 0) is 4.74 Å². The van der Waals surface area contributed by atoms with Crippen molar-refractivity contribution in [2.75, 3.05) is 66.1 Å². The number of ether oxygens (including phenoxy) is 1. The number of rotatable bonds is 9. The molecular formula is C18H35F3IN5O. The highest BCUT2D eigenvalue weighted by molar-refractivity contribution is 14.0. The van der Waals surface area contributed by atoms with Gasteiger partial charge in [-0.05, 0) is 26.7 Å². The fourth-order valence-electron chi connectivity index (χ4n) is 3.36. The summed E-state index contributed by atoms with van der Waals surface area (Å²) >= 11 is 0. The molecule has 1 saturated heterocycles. The first-order valence-electron chi connectivity index (χ1n) is 9.93. The van der Waals surface area contributed by atoms with Crippen molar-refractivity contribution in [2.24, 2.45) is 4.99 Å². The monoisotopic (exact) mass is 521 g/mol. The zero-order valence-electron chi connectivity index (χ0n) is 17.2. The van der Waals surface area contributed by atoms with Gasteiger partial charge in [0, 0.05) is 59.0 Å². The van der Waals surface area contributed by atoms with E-state index in [9.17, 15) is 13.2 Å². The largest absolute Gasteiger partial charge is 0.403 e. The molecule has 28 heavy (non-hydrogen) atoms. The van der Waals surface area contributed by atoms with Crippen molar-refractivity contribution in [3.8, 4) is 0 Å². The van der Waals surface area contributed by atoms with Crippen LogP contribution < -0.4 is 5.32 Å². The molecule has 0 spiro atoms. The Bertz CT molecular complexity index is 469. The molecule has 0 bridgehead atoms. The van der Waals surface area contributed by atoms with Crippen molar-refractivity contribution in [1.82, 2.24) is 20.0 Å². The van der Waals surface area contributed by atoms with Gasteiger partial charge in [-0.2, -0.15) is 13.2 Å². The highest BCUT2D eigenvalue weighted by atomic mass is 127. The second-order valence-corrected chi connectivity index (χ2v) is 7.24. The van der Waals surface area contributed by atoms with Crippen LogP contribution in [0.3, 0.4) is 0 Å². The van der Waals surface area contributed by atoms with E-state index < -0.39 is 12.2 Å². The average molecular weight is 521 g/mol. The maximum absolute atomic E-state index is 12.9. The van der Waals surface area contributed by atoms with Crippen molar-refractivity contribution < 1.29 is 17.9 Å². The molecule has 1 aliphatic heterocycles. The average Bonchev–Trinajstić information content (AvgIpc) is 3.47. The predicted octanol–water partition coefficient (Wildman–Crippen LogP) is 2.25. The maximum Gasteiger partial charge on any atom is 0.403 e. The Morgan fingerprint density at radius 1 is 1.21 bits per heavy atom. The Morgan fingerprint density at radius 3 is 2.36 bits per heavy atom. The number of alkyl halides is 3. The minimum atomic E-state index is -4.17. The van der Waals surface area contributed by atoms with Gasteiger partial charge in [0.1, 0.15) is 6.04 Å². The van der Waals surface area contributed by atoms with E-state index in [1.165, 1.54) is 24.7 Å². The van der Waals surface area contributed by atoms with Crippen LogP contribution in [0.2, 0.25) is 0 Å². The van der Waals surface area contributed by atoms with Crippen LogP contribution >= 0.6 is 24.0 Å². The lowest BCUT2D eigenvalue weighted by molar-refractivity contribution is -0.181. The number of hydrogen-bond acceptors (Lipinski definition) is 4. The molecular weight excluding hydrogens is 486 g/mol. The normalized spacial score (nSPS) is 20.2. The molecule has 0 amide bonds. The third kappa shape index (κ3) is 8.19. The lowest BCUT2D eigenvalue weighted by Crippen LogP contribution is -2.56. The van der Waals surface area contributed by atoms with Crippen molar-refractivity contribution >= 4 is 29.9 Å². The van der Waals surface area contributed by atoms with Crippen LogP contribution in [0.15, 0.2) is 4.99 Å². The summed E-state index contributed by atoms with van der Waals surface area (Å²) < 4.78 is 43.9. The topological polar surface area (TPSA) is 43.3 Å². The molecule has 1 aliphatic carbocycles. The zero-order chi connectivity index (χ0) is 19.9. The molecule has 0 aromatic carbocycles. The SMILES string of the molecule is CCNC(=NCCN(CCOC)C1CC1)N1CCN(C(C)C(F)(F)F)CC1.I. The van der Waals surface area contributed by atoms with E-state index in [0.29, 0.717) is 38.8 Å². The molecule has 166 valence electrons. The highest BCUT2D eigenvalue weighted by Gasteiger charge is 2.41. The number of methoxy groups -OCH3 is 1. The predicted molar refractivity (Wildman–Crippen MR) is 117 cm³/mol. The molecule has 2 rings (SSSR count). The molecule has 1 N–H and O–H groups in total. The molecule has 2 fully saturated rings. The summed E-state index contributed by atoms with van der Waals surface area (Å²) in [5.74, 6) is 0.805. The van der Waals surface area contributed by atoms with Crippen molar-refractivity contribution in [2.45, 2.75) is 44.9 Å². The van der Waals surface area contributed by atoms with E-state index in [4.69, 9.17) is 9.73 Å². The lowest BCUT2D eigenvalue weighted by atomic mass is 10.2. The molecule has 1 unspecified atom stereocenters. The molecule has 1 atom stereocenters. The van der Waals surface area contributed by atoms with Crippen molar-refractivity contribution in [1.29, 1.82) is 0 Å². The van der Waals surface area contributed by atoms with Gasteiger partial charge < -0.3 is 15.0 Å². The van der Waals surface area contributed by atoms with Gasteiger partial charge in [-0.1, -0.05) is 0 Å². The summed E-state index contributed by atoms with van der Waals surface area (Å²) in [4.78, 5) is 10.7. The Morgan fingerprint density at radius 2 is 1.86 bits per heavy atom. The number of aliphatic imine (C=N–C) groups is 1. The van der Waals surface area contributed by atoms with Crippen molar-refractivity contribution in [3.63, 3.8) is 0 Å². The van der Waals surface area contributed by atoms with Crippen LogP contribution in [0.25, 0.3) is 0 Å². The van der Waals surface area contributed by atoms with Crippen LogP contribution in [0.5, 0.6) is 0 Å². The van der Waals surface area contributed by atoms with Gasteiger partial charge in [-0.15, -0.1) is 24.0 Å². The Balaban J connectivity index is 0.00000392. The first-order valence-corrected chi connectivity index (χ1v) is 9.93. The third-order valence-electron chi connectivity index (χ3n) is 5.26. The molecule has 0 radical (unpaired) electrons. The molecule has 10 heteroatoms. The highest BCUT2D eigenvalue weighted by Crippen LogP contribution is 2.26. The van der Waals surface area contributed by atoms with Gasteiger partial charge in [-0.25, -0.2) is 0 Å². The van der Waals surface area contributed by atoms with E-state index in [-0.39, 0.29) is 24.0 Å². The maximum atomic E-state index is 12.9. The number of nitrogens with one attached hydrogen (secondary N) is 1. The standard InChI is InChI=1S/C18H34F3N5O.HI/c1-4-22-17(23-7-8-25(13-14-27-3)16-5-6-16)26-11-9-24(10-12-26)15(2)18(19,20)21;/h15-16H,4-14H2,1-3H3,(H,22,23);1H. The fourth-order valence-corrected chi connectivity index (χ4v) is 3.36. The molecule has 0 aromatic rings. The molecule has 2 aliphatic rings. The van der Waals surface area contributed by atoms with Gasteiger partial charge in [0.2, 0.25) is 0 Å². The Kier molecular flexibility index (Phi) is 11.4. The van der Waals surface area contributed by atoms with Gasteiger partial charge >= 0.3 is 6.18 Å². The van der Waals surface area contributed by atoms with E-state index >= 15 is 0 Å². The van der Waals surface area contributed by atoms with E-state index in [1.54, 1.807) is 7.11 Å². The summed E-state index contributed by atoms with van der Waals surface area (Å²) in [6.45, 7) is 9.10. The molecule has 1 saturated carbocycles. The fraction of sp³-hybridized carbons (Fsp3) is 0.944. The van der Waals surface area contributed by atoms with E-state index in [0.717, 1.165) is 32.2 Å². The van der Waals surface area contributed by atoms with E-state index in [2.05, 4.69) is 15.1 Å². The summed E-state index contributed by atoms with van der Waals surface area (Å²) in [5, 5.41) is 3.28. The van der Waals surface area contributed by atoms with E-state index in [1.807, 2.05) is 6.92 Å².